The zero-order chi connectivity index (χ0) is 21.8. The molecular formula is C26H26N2O3. The van der Waals surface area contributed by atoms with Crippen LogP contribution in [0.1, 0.15) is 44.3 Å². The van der Waals surface area contributed by atoms with Gasteiger partial charge in [-0.1, -0.05) is 29.8 Å². The fourth-order valence-electron chi connectivity index (χ4n) is 3.86. The molecule has 1 aliphatic heterocycles. The van der Waals surface area contributed by atoms with Crippen molar-refractivity contribution in [1.82, 2.24) is 5.32 Å². The fraction of sp³-hybridized carbons (Fsp3) is 0.231. The number of nitrogens with zero attached hydrogens (tertiary/aromatic N) is 1. The Kier molecular flexibility index (Phi) is 6.03. The van der Waals surface area contributed by atoms with Crippen molar-refractivity contribution in [2.24, 2.45) is 0 Å². The third kappa shape index (κ3) is 4.61. The highest BCUT2D eigenvalue weighted by Gasteiger charge is 2.25. The highest BCUT2D eigenvalue weighted by molar-refractivity contribution is 6.07. The van der Waals surface area contributed by atoms with E-state index in [1.807, 2.05) is 55.1 Å². The van der Waals surface area contributed by atoms with E-state index in [4.69, 9.17) is 4.74 Å². The molecule has 0 spiro atoms. The van der Waals surface area contributed by atoms with E-state index < -0.39 is 0 Å². The largest absolute Gasteiger partial charge is 0.494 e. The molecule has 0 aliphatic carbocycles. The third-order valence-corrected chi connectivity index (χ3v) is 5.43. The second kappa shape index (κ2) is 9.04. The van der Waals surface area contributed by atoms with E-state index in [-0.39, 0.29) is 11.8 Å². The molecule has 2 amide bonds. The van der Waals surface area contributed by atoms with Crippen molar-refractivity contribution < 1.29 is 14.3 Å². The number of carbonyl (C=O) groups is 2. The number of carbonyl (C=O) groups excluding carboxylic acids is 2. The average molecular weight is 415 g/mol. The monoisotopic (exact) mass is 414 g/mol. The first-order valence-corrected chi connectivity index (χ1v) is 10.6. The van der Waals surface area contributed by atoms with E-state index in [9.17, 15) is 9.59 Å². The van der Waals surface area contributed by atoms with Crippen LogP contribution in [0.3, 0.4) is 0 Å². The maximum absolute atomic E-state index is 12.9. The van der Waals surface area contributed by atoms with Crippen LogP contribution < -0.4 is 15.0 Å². The molecule has 0 aromatic heterocycles. The molecule has 3 aromatic carbocycles. The summed E-state index contributed by atoms with van der Waals surface area (Å²) >= 11 is 0. The number of aryl methyl sites for hydroxylation is 1. The van der Waals surface area contributed by atoms with E-state index in [1.165, 1.54) is 0 Å². The van der Waals surface area contributed by atoms with Crippen LogP contribution in [0.2, 0.25) is 0 Å². The van der Waals surface area contributed by atoms with Crippen molar-refractivity contribution in [2.75, 3.05) is 18.1 Å². The lowest BCUT2D eigenvalue weighted by Gasteiger charge is -2.18. The number of anilines is 1. The summed E-state index contributed by atoms with van der Waals surface area (Å²) < 4.78 is 5.41. The number of rotatable bonds is 6. The minimum Gasteiger partial charge on any atom is -0.494 e. The van der Waals surface area contributed by atoms with E-state index in [0.29, 0.717) is 30.8 Å². The summed E-state index contributed by atoms with van der Waals surface area (Å²) in [5.41, 5.74) is 5.48. The van der Waals surface area contributed by atoms with Gasteiger partial charge in [0.15, 0.2) is 0 Å². The van der Waals surface area contributed by atoms with Crippen molar-refractivity contribution in [3.63, 3.8) is 0 Å². The van der Waals surface area contributed by atoms with Gasteiger partial charge in [0.1, 0.15) is 5.75 Å². The molecule has 0 bridgehead atoms. The van der Waals surface area contributed by atoms with Crippen LogP contribution in [0.4, 0.5) is 5.69 Å². The minimum atomic E-state index is -0.125. The van der Waals surface area contributed by atoms with Crippen LogP contribution in [0.25, 0.3) is 0 Å². The molecule has 5 heteroatoms. The van der Waals surface area contributed by atoms with Crippen molar-refractivity contribution >= 4 is 17.5 Å². The van der Waals surface area contributed by atoms with E-state index in [0.717, 1.165) is 34.5 Å². The maximum atomic E-state index is 12.9. The molecule has 0 radical (unpaired) electrons. The Hall–Kier alpha value is -3.60. The molecule has 0 saturated carbocycles. The minimum absolute atomic E-state index is 0.0269. The van der Waals surface area contributed by atoms with E-state index in [1.54, 1.807) is 24.3 Å². The molecule has 0 atom stereocenters. The van der Waals surface area contributed by atoms with Crippen molar-refractivity contribution in [1.29, 1.82) is 0 Å². The summed E-state index contributed by atoms with van der Waals surface area (Å²) in [6.45, 7) is 5.62. The first kappa shape index (κ1) is 20.7. The molecule has 1 aliphatic rings. The van der Waals surface area contributed by atoms with E-state index >= 15 is 0 Å². The maximum Gasteiger partial charge on any atom is 0.258 e. The van der Waals surface area contributed by atoms with Gasteiger partial charge in [-0.05, 0) is 73.9 Å². The Balaban J connectivity index is 1.41. The second-order valence-electron chi connectivity index (χ2n) is 7.68. The standard InChI is InChI=1S/C26H26N2O3/c1-3-31-23-10-8-20(9-11-23)25(29)27-17-19-7-12-24-21(16-19)13-14-28(24)26(30)22-6-4-5-18(2)15-22/h4-12,15-16H,3,13-14,17H2,1-2H3,(H,27,29). The molecule has 1 N–H and O–H groups in total. The molecule has 5 nitrogen and oxygen atoms in total. The third-order valence-electron chi connectivity index (χ3n) is 5.43. The first-order valence-electron chi connectivity index (χ1n) is 10.6. The molecule has 0 unspecified atom stereocenters. The Morgan fingerprint density at radius 1 is 1.00 bits per heavy atom. The Bertz CT molecular complexity index is 1110. The van der Waals surface area contributed by atoms with Crippen LogP contribution in [-0.2, 0) is 13.0 Å². The van der Waals surface area contributed by atoms with Crippen molar-refractivity contribution in [3.8, 4) is 5.75 Å². The van der Waals surface area contributed by atoms with Gasteiger partial charge in [0, 0.05) is 29.9 Å². The molecule has 4 rings (SSSR count). The van der Waals surface area contributed by atoms with Crippen LogP contribution in [0.15, 0.2) is 66.7 Å². The number of benzene rings is 3. The normalized spacial score (nSPS) is 12.4. The number of hydrogen-bond acceptors (Lipinski definition) is 3. The predicted molar refractivity (Wildman–Crippen MR) is 122 cm³/mol. The summed E-state index contributed by atoms with van der Waals surface area (Å²) in [7, 11) is 0. The zero-order valence-corrected chi connectivity index (χ0v) is 17.9. The summed E-state index contributed by atoms with van der Waals surface area (Å²) in [4.78, 5) is 27.2. The van der Waals surface area contributed by atoms with Crippen LogP contribution in [0.5, 0.6) is 5.75 Å². The highest BCUT2D eigenvalue weighted by Crippen LogP contribution is 2.30. The topological polar surface area (TPSA) is 58.6 Å². The van der Waals surface area contributed by atoms with Crippen LogP contribution in [-0.4, -0.2) is 25.0 Å². The van der Waals surface area contributed by atoms with Crippen LogP contribution in [0, 0.1) is 6.92 Å². The summed E-state index contributed by atoms with van der Waals surface area (Å²) in [5.74, 6) is 0.654. The summed E-state index contributed by atoms with van der Waals surface area (Å²) in [6.07, 6.45) is 0.813. The fourth-order valence-corrected chi connectivity index (χ4v) is 3.86. The molecular weight excluding hydrogens is 388 g/mol. The number of fused-ring (bicyclic) bond motifs is 1. The van der Waals surface area contributed by atoms with Gasteiger partial charge < -0.3 is 15.0 Å². The van der Waals surface area contributed by atoms with Gasteiger partial charge in [0.25, 0.3) is 11.8 Å². The number of amides is 2. The number of hydrogen-bond donors (Lipinski definition) is 1. The Labute approximate surface area is 182 Å². The van der Waals surface area contributed by atoms with Gasteiger partial charge in [-0.15, -0.1) is 0 Å². The smallest absolute Gasteiger partial charge is 0.258 e. The second-order valence-corrected chi connectivity index (χ2v) is 7.68. The van der Waals surface area contributed by atoms with Gasteiger partial charge in [0.2, 0.25) is 0 Å². The van der Waals surface area contributed by atoms with Gasteiger partial charge >= 0.3 is 0 Å². The molecule has 31 heavy (non-hydrogen) atoms. The lowest BCUT2D eigenvalue weighted by atomic mass is 10.1. The lowest BCUT2D eigenvalue weighted by molar-refractivity contribution is 0.0949. The quantitative estimate of drug-likeness (QED) is 0.645. The van der Waals surface area contributed by atoms with Gasteiger partial charge in [-0.3, -0.25) is 9.59 Å². The first-order chi connectivity index (χ1) is 15.0. The average Bonchev–Trinajstić information content (AvgIpc) is 3.21. The molecule has 0 saturated heterocycles. The Morgan fingerprint density at radius 2 is 1.81 bits per heavy atom. The zero-order valence-electron chi connectivity index (χ0n) is 17.9. The lowest BCUT2D eigenvalue weighted by Crippen LogP contribution is -2.28. The van der Waals surface area contributed by atoms with Gasteiger partial charge in [-0.25, -0.2) is 0 Å². The molecule has 1 heterocycles. The van der Waals surface area contributed by atoms with Crippen LogP contribution >= 0.6 is 0 Å². The summed E-state index contributed by atoms with van der Waals surface area (Å²) in [6, 6.07) is 20.8. The van der Waals surface area contributed by atoms with Gasteiger partial charge in [-0.2, -0.15) is 0 Å². The Morgan fingerprint density at radius 3 is 2.55 bits per heavy atom. The number of ether oxygens (including phenoxy) is 1. The molecule has 158 valence electrons. The molecule has 0 fully saturated rings. The van der Waals surface area contributed by atoms with Gasteiger partial charge in [0.05, 0.1) is 6.61 Å². The predicted octanol–water partition coefficient (Wildman–Crippen LogP) is 4.53. The number of nitrogens with one attached hydrogen (secondary N) is 1. The van der Waals surface area contributed by atoms with Crippen molar-refractivity contribution in [3.05, 3.63) is 94.5 Å². The van der Waals surface area contributed by atoms with E-state index in [2.05, 4.69) is 11.4 Å². The highest BCUT2D eigenvalue weighted by atomic mass is 16.5. The van der Waals surface area contributed by atoms with Crippen molar-refractivity contribution in [2.45, 2.75) is 26.8 Å². The summed E-state index contributed by atoms with van der Waals surface area (Å²) in [5, 5.41) is 2.96. The SMILES string of the molecule is CCOc1ccc(C(=O)NCc2ccc3c(c2)CCN3C(=O)c2cccc(C)c2)cc1. The molecule has 3 aromatic rings.